The molecule has 4 aromatic rings. The number of rotatable bonds is 6. The zero-order valence-corrected chi connectivity index (χ0v) is 23.8. The molecule has 0 bridgehead atoms. The van der Waals surface area contributed by atoms with E-state index in [2.05, 4.69) is 40.4 Å². The van der Waals surface area contributed by atoms with Gasteiger partial charge in [0.05, 0.1) is 22.4 Å². The summed E-state index contributed by atoms with van der Waals surface area (Å²) in [6.45, 7) is 7.20. The molecule has 2 aromatic carbocycles. The molecule has 0 fully saturated rings. The number of anilines is 3. The van der Waals surface area contributed by atoms with Crippen molar-refractivity contribution in [1.82, 2.24) is 15.2 Å². The number of carbonyl (C=O) groups is 2. The highest BCUT2D eigenvalue weighted by atomic mass is 32.1. The maximum absolute atomic E-state index is 13.6. The van der Waals surface area contributed by atoms with Crippen LogP contribution in [0.25, 0.3) is 10.2 Å². The van der Waals surface area contributed by atoms with Crippen LogP contribution >= 0.6 is 11.3 Å². The molecule has 2 aromatic heterocycles. The molecule has 8 nitrogen and oxygen atoms in total. The third-order valence-corrected chi connectivity index (χ3v) is 8.33. The van der Waals surface area contributed by atoms with Crippen LogP contribution in [0, 0.1) is 6.92 Å². The number of pyridine rings is 1. The van der Waals surface area contributed by atoms with Crippen molar-refractivity contribution in [2.45, 2.75) is 39.5 Å². The van der Waals surface area contributed by atoms with Crippen molar-refractivity contribution in [3.8, 4) is 11.5 Å². The van der Waals surface area contributed by atoms with E-state index in [0.29, 0.717) is 32.7 Å². The molecule has 0 saturated carbocycles. The number of ether oxygens (including phenoxy) is 1. The molecule has 2 aliphatic heterocycles. The van der Waals surface area contributed by atoms with Gasteiger partial charge >= 0.3 is 6.03 Å². The maximum atomic E-state index is 13.6. The predicted octanol–water partition coefficient (Wildman–Crippen LogP) is 7.50. The Morgan fingerprint density at radius 2 is 1.98 bits per heavy atom. The summed E-state index contributed by atoms with van der Waals surface area (Å²) < 4.78 is 6.25. The monoisotopic (exact) mass is 553 g/mol. The third-order valence-electron chi connectivity index (χ3n) is 7.24. The molecule has 3 amide bonds. The minimum absolute atomic E-state index is 0.237. The topological polar surface area (TPSA) is 86.8 Å². The van der Waals surface area contributed by atoms with E-state index < -0.39 is 0 Å². The molecule has 204 valence electrons. The number of aryl methyl sites for hydroxylation is 1. The van der Waals surface area contributed by atoms with Gasteiger partial charge in [-0.3, -0.25) is 9.69 Å². The molecule has 0 radical (unpaired) electrons. The molecular formula is C31H31N5O3S. The Hall–Kier alpha value is -4.37. The van der Waals surface area contributed by atoms with Gasteiger partial charge in [0.25, 0.3) is 5.91 Å². The number of nitrogens with zero attached hydrogens (tertiary/aromatic N) is 3. The van der Waals surface area contributed by atoms with Crippen LogP contribution < -0.4 is 20.3 Å². The van der Waals surface area contributed by atoms with Crippen LogP contribution in [0.3, 0.4) is 0 Å². The summed E-state index contributed by atoms with van der Waals surface area (Å²) in [6.07, 6.45) is 5.43. The Balaban J connectivity index is 1.33. The quantitative estimate of drug-likeness (QED) is 0.258. The Labute approximate surface area is 237 Å². The zero-order chi connectivity index (χ0) is 28.0. The fourth-order valence-electron chi connectivity index (χ4n) is 5.31. The van der Waals surface area contributed by atoms with Gasteiger partial charge in [0, 0.05) is 31.7 Å². The largest absolute Gasteiger partial charge is 0.457 e. The van der Waals surface area contributed by atoms with Gasteiger partial charge in [0.15, 0.2) is 0 Å². The number of para-hydroxylation sites is 1. The number of hydrogen-bond donors (Lipinski definition) is 2. The number of thiophene rings is 1. The molecule has 2 aliphatic rings. The molecule has 40 heavy (non-hydrogen) atoms. The van der Waals surface area contributed by atoms with Gasteiger partial charge in [0.1, 0.15) is 21.2 Å². The summed E-state index contributed by atoms with van der Waals surface area (Å²) in [5, 5.41) is 6.78. The van der Waals surface area contributed by atoms with E-state index in [9.17, 15) is 9.59 Å². The summed E-state index contributed by atoms with van der Waals surface area (Å²) in [7, 11) is 1.99. The number of aromatic nitrogens is 1. The standard InChI is InChI=1S/C31H31N5O3S/c1-18(2)22-9-5-6-10-25(22)39-21-11-12-23(19(3)16-21)36-24-13-14-32-30-26(24)27(34-31(36)38)28(40-30)29(37)33-20-8-7-15-35(4)17-20/h5-6,9-14,16-18H,7-8,15H2,1-4H3,(H,33,37)(H,34,38). The number of carbonyl (C=O) groups excluding carboxylic acids is 2. The van der Waals surface area contributed by atoms with Crippen molar-refractivity contribution in [3.63, 3.8) is 0 Å². The van der Waals surface area contributed by atoms with Gasteiger partial charge in [-0.05, 0) is 67.1 Å². The van der Waals surface area contributed by atoms with E-state index in [-0.39, 0.29) is 11.9 Å². The Bertz CT molecular complexity index is 1680. The van der Waals surface area contributed by atoms with Gasteiger partial charge < -0.3 is 20.3 Å². The Morgan fingerprint density at radius 1 is 1.15 bits per heavy atom. The maximum Gasteiger partial charge on any atom is 0.331 e. The van der Waals surface area contributed by atoms with E-state index >= 15 is 0 Å². The summed E-state index contributed by atoms with van der Waals surface area (Å²) in [4.78, 5) is 36.2. The summed E-state index contributed by atoms with van der Waals surface area (Å²) in [5.74, 6) is 1.61. The lowest BCUT2D eigenvalue weighted by molar-refractivity contribution is 0.0967. The SMILES string of the molecule is Cc1cc(Oc2ccccc2C(C)C)ccc1N1C(=O)Nc2c(C(=O)NC3=CN(C)CCC3)sc3nccc1c23. The number of amides is 3. The summed E-state index contributed by atoms with van der Waals surface area (Å²) >= 11 is 1.29. The first-order chi connectivity index (χ1) is 19.3. The average Bonchev–Trinajstić information content (AvgIpc) is 3.29. The molecule has 0 unspecified atom stereocenters. The van der Waals surface area contributed by atoms with Gasteiger partial charge in [-0.15, -0.1) is 11.3 Å². The second-order valence-corrected chi connectivity index (χ2v) is 11.5. The summed E-state index contributed by atoms with van der Waals surface area (Å²) in [6, 6.07) is 15.2. The highest BCUT2D eigenvalue weighted by Gasteiger charge is 2.33. The van der Waals surface area contributed by atoms with Crippen molar-refractivity contribution in [3.05, 3.63) is 82.6 Å². The summed E-state index contributed by atoms with van der Waals surface area (Å²) in [5.41, 5.74) is 4.81. The molecule has 0 aliphatic carbocycles. The predicted molar refractivity (Wildman–Crippen MR) is 160 cm³/mol. The number of hydrogen-bond acceptors (Lipinski definition) is 6. The lowest BCUT2D eigenvalue weighted by Crippen LogP contribution is -2.35. The first kappa shape index (κ1) is 25.9. The number of urea groups is 1. The number of allylic oxidation sites excluding steroid dienone is 1. The Kier molecular flexibility index (Phi) is 6.67. The minimum atomic E-state index is -0.328. The highest BCUT2D eigenvalue weighted by Crippen LogP contribution is 2.46. The van der Waals surface area contributed by atoms with Gasteiger partial charge in [-0.1, -0.05) is 32.0 Å². The third kappa shape index (κ3) is 4.66. The minimum Gasteiger partial charge on any atom is -0.457 e. The first-order valence-electron chi connectivity index (χ1n) is 13.4. The second-order valence-electron chi connectivity index (χ2n) is 10.5. The van der Waals surface area contributed by atoms with Crippen molar-refractivity contribution in [2.75, 3.05) is 23.8 Å². The van der Waals surface area contributed by atoms with Crippen LogP contribution in [0.15, 0.2) is 66.6 Å². The fraction of sp³-hybridized carbons (Fsp3) is 0.258. The lowest BCUT2D eigenvalue weighted by atomic mass is 10.0. The van der Waals surface area contributed by atoms with Crippen molar-refractivity contribution in [1.29, 1.82) is 0 Å². The first-order valence-corrected chi connectivity index (χ1v) is 14.2. The average molecular weight is 554 g/mol. The highest BCUT2D eigenvalue weighted by molar-refractivity contribution is 7.21. The molecule has 9 heteroatoms. The van der Waals surface area contributed by atoms with Crippen LogP contribution in [-0.4, -0.2) is 35.4 Å². The van der Waals surface area contributed by atoms with Crippen molar-refractivity contribution < 1.29 is 14.3 Å². The van der Waals surface area contributed by atoms with Crippen molar-refractivity contribution >= 4 is 50.6 Å². The molecular weight excluding hydrogens is 522 g/mol. The molecule has 0 spiro atoms. The molecule has 2 N–H and O–H groups in total. The molecule has 0 saturated heterocycles. The van der Waals surface area contributed by atoms with Crippen LogP contribution in [-0.2, 0) is 0 Å². The normalized spacial score (nSPS) is 14.8. The number of nitrogens with one attached hydrogen (secondary N) is 2. The van der Waals surface area contributed by atoms with E-state index in [0.717, 1.165) is 53.0 Å². The molecule has 0 atom stereocenters. The molecule has 6 rings (SSSR count). The van der Waals surface area contributed by atoms with Crippen LogP contribution in [0.1, 0.15) is 53.4 Å². The smallest absolute Gasteiger partial charge is 0.331 e. The Morgan fingerprint density at radius 3 is 2.75 bits per heavy atom. The fourth-order valence-corrected chi connectivity index (χ4v) is 6.33. The van der Waals surface area contributed by atoms with E-state index in [1.165, 1.54) is 11.3 Å². The van der Waals surface area contributed by atoms with E-state index in [1.807, 2.05) is 62.6 Å². The van der Waals surface area contributed by atoms with Crippen molar-refractivity contribution in [2.24, 2.45) is 0 Å². The van der Waals surface area contributed by atoms with E-state index in [1.54, 1.807) is 11.1 Å². The van der Waals surface area contributed by atoms with Crippen LogP contribution in [0.5, 0.6) is 11.5 Å². The molecule has 4 heterocycles. The van der Waals surface area contributed by atoms with Crippen LogP contribution in [0.4, 0.5) is 21.9 Å². The lowest BCUT2D eigenvalue weighted by Gasteiger charge is -2.29. The second kappa shape index (κ2) is 10.3. The van der Waals surface area contributed by atoms with Gasteiger partial charge in [-0.25, -0.2) is 9.78 Å². The van der Waals surface area contributed by atoms with Gasteiger partial charge in [-0.2, -0.15) is 0 Å². The van der Waals surface area contributed by atoms with Crippen LogP contribution in [0.2, 0.25) is 0 Å². The zero-order valence-electron chi connectivity index (χ0n) is 22.9. The number of benzene rings is 2. The van der Waals surface area contributed by atoms with Gasteiger partial charge in [0.2, 0.25) is 0 Å². The van der Waals surface area contributed by atoms with E-state index in [4.69, 9.17) is 4.74 Å².